The highest BCUT2D eigenvalue weighted by molar-refractivity contribution is 5.77. The Balaban J connectivity index is 2.67. The van der Waals surface area contributed by atoms with Crippen molar-refractivity contribution >= 4 is 11.6 Å². The van der Waals surface area contributed by atoms with E-state index in [-0.39, 0.29) is 30.0 Å². The first-order valence-electron chi connectivity index (χ1n) is 6.72. The highest BCUT2D eigenvalue weighted by Gasteiger charge is 2.14. The molecule has 1 rings (SSSR count). The zero-order valence-corrected chi connectivity index (χ0v) is 12.4. The minimum atomic E-state index is -0.532. The van der Waals surface area contributed by atoms with Gasteiger partial charge in [0.05, 0.1) is 18.1 Å². The lowest BCUT2D eigenvalue weighted by Gasteiger charge is -2.14. The van der Waals surface area contributed by atoms with E-state index < -0.39 is 4.92 Å². The fourth-order valence-corrected chi connectivity index (χ4v) is 1.86. The van der Waals surface area contributed by atoms with E-state index in [9.17, 15) is 14.9 Å². The SMILES string of the molecule is CCCC(C)NC(=O)COc1cc([N+](=O)[O-])ccc1OC. The van der Waals surface area contributed by atoms with Crippen molar-refractivity contribution in [1.29, 1.82) is 0 Å². The average molecular weight is 296 g/mol. The zero-order valence-electron chi connectivity index (χ0n) is 12.4. The van der Waals surface area contributed by atoms with Gasteiger partial charge < -0.3 is 14.8 Å². The molecule has 21 heavy (non-hydrogen) atoms. The number of rotatable bonds is 8. The maximum atomic E-state index is 11.7. The summed E-state index contributed by atoms with van der Waals surface area (Å²) in [5.74, 6) is 0.240. The number of benzene rings is 1. The van der Waals surface area contributed by atoms with E-state index >= 15 is 0 Å². The second kappa shape index (κ2) is 8.08. The van der Waals surface area contributed by atoms with Crippen LogP contribution >= 0.6 is 0 Å². The Kier molecular flexibility index (Phi) is 6.45. The molecule has 1 unspecified atom stereocenters. The molecular weight excluding hydrogens is 276 g/mol. The number of non-ortho nitro benzene ring substituents is 1. The van der Waals surface area contributed by atoms with Crippen LogP contribution in [0.1, 0.15) is 26.7 Å². The van der Waals surface area contributed by atoms with Gasteiger partial charge in [-0.25, -0.2) is 0 Å². The zero-order chi connectivity index (χ0) is 15.8. The molecule has 0 heterocycles. The lowest BCUT2D eigenvalue weighted by molar-refractivity contribution is -0.385. The Hall–Kier alpha value is -2.31. The summed E-state index contributed by atoms with van der Waals surface area (Å²) in [7, 11) is 1.43. The van der Waals surface area contributed by atoms with Gasteiger partial charge in [0.2, 0.25) is 0 Å². The summed E-state index contributed by atoms with van der Waals surface area (Å²) in [4.78, 5) is 21.9. The van der Waals surface area contributed by atoms with Crippen LogP contribution in [0.4, 0.5) is 5.69 Å². The highest BCUT2D eigenvalue weighted by atomic mass is 16.6. The van der Waals surface area contributed by atoms with Gasteiger partial charge in [-0.05, 0) is 19.4 Å². The molecular formula is C14H20N2O5. The van der Waals surface area contributed by atoms with Gasteiger partial charge in [0.1, 0.15) is 0 Å². The molecule has 1 N–H and O–H groups in total. The van der Waals surface area contributed by atoms with E-state index in [1.807, 2.05) is 13.8 Å². The number of nitrogens with zero attached hydrogens (tertiary/aromatic N) is 1. The van der Waals surface area contributed by atoms with Gasteiger partial charge in [-0.15, -0.1) is 0 Å². The van der Waals surface area contributed by atoms with Gasteiger partial charge >= 0.3 is 0 Å². The normalized spacial score (nSPS) is 11.6. The predicted octanol–water partition coefficient (Wildman–Crippen LogP) is 2.29. The number of methoxy groups -OCH3 is 1. The smallest absolute Gasteiger partial charge is 0.273 e. The molecule has 1 amide bonds. The fourth-order valence-electron chi connectivity index (χ4n) is 1.86. The van der Waals surface area contributed by atoms with Crippen LogP contribution in [0.15, 0.2) is 18.2 Å². The third-order valence-corrected chi connectivity index (χ3v) is 2.85. The van der Waals surface area contributed by atoms with E-state index in [0.717, 1.165) is 12.8 Å². The minimum absolute atomic E-state index is 0.0677. The maximum absolute atomic E-state index is 11.7. The van der Waals surface area contributed by atoms with E-state index in [1.165, 1.54) is 25.3 Å². The molecule has 0 aliphatic rings. The predicted molar refractivity (Wildman–Crippen MR) is 77.7 cm³/mol. The van der Waals surface area contributed by atoms with Crippen molar-refractivity contribution in [3.63, 3.8) is 0 Å². The van der Waals surface area contributed by atoms with Crippen molar-refractivity contribution in [2.24, 2.45) is 0 Å². The van der Waals surface area contributed by atoms with Crippen LogP contribution in [0.5, 0.6) is 11.5 Å². The first-order valence-corrected chi connectivity index (χ1v) is 6.72. The van der Waals surface area contributed by atoms with Crippen LogP contribution in [0.25, 0.3) is 0 Å². The molecule has 0 saturated heterocycles. The van der Waals surface area contributed by atoms with E-state index in [4.69, 9.17) is 9.47 Å². The summed E-state index contributed by atoms with van der Waals surface area (Å²) in [6.45, 7) is 3.73. The quantitative estimate of drug-likeness (QED) is 0.587. The Morgan fingerprint density at radius 1 is 1.43 bits per heavy atom. The first-order chi connectivity index (χ1) is 9.97. The number of hydrogen-bond acceptors (Lipinski definition) is 5. The summed E-state index contributed by atoms with van der Waals surface area (Å²) >= 11 is 0. The fraction of sp³-hybridized carbons (Fsp3) is 0.500. The molecule has 7 nitrogen and oxygen atoms in total. The van der Waals surface area contributed by atoms with Crippen LogP contribution in [0, 0.1) is 10.1 Å². The van der Waals surface area contributed by atoms with Gasteiger partial charge in [-0.2, -0.15) is 0 Å². The van der Waals surface area contributed by atoms with Crippen LogP contribution in [-0.2, 0) is 4.79 Å². The molecule has 0 fully saturated rings. The summed E-state index contributed by atoms with van der Waals surface area (Å²) in [6, 6.07) is 4.06. The van der Waals surface area contributed by atoms with E-state index in [0.29, 0.717) is 5.75 Å². The Morgan fingerprint density at radius 2 is 2.14 bits per heavy atom. The third-order valence-electron chi connectivity index (χ3n) is 2.85. The monoisotopic (exact) mass is 296 g/mol. The molecule has 7 heteroatoms. The first kappa shape index (κ1) is 16.7. The summed E-state index contributed by atoms with van der Waals surface area (Å²) in [5.41, 5.74) is -0.120. The standard InChI is InChI=1S/C14H20N2O5/c1-4-5-10(2)15-14(17)9-21-13-8-11(16(18)19)6-7-12(13)20-3/h6-8,10H,4-5,9H2,1-3H3,(H,15,17). The Morgan fingerprint density at radius 3 is 2.71 bits per heavy atom. The second-order valence-corrected chi connectivity index (χ2v) is 4.64. The number of ether oxygens (including phenoxy) is 2. The van der Waals surface area contributed by atoms with Gasteiger partial charge in [-0.1, -0.05) is 13.3 Å². The molecule has 1 aromatic carbocycles. The summed E-state index contributed by atoms with van der Waals surface area (Å²) < 4.78 is 10.4. The number of carbonyl (C=O) groups is 1. The number of nitro benzene ring substituents is 1. The maximum Gasteiger partial charge on any atom is 0.273 e. The lowest BCUT2D eigenvalue weighted by Crippen LogP contribution is -2.35. The molecule has 1 aromatic rings. The van der Waals surface area contributed by atoms with Gasteiger partial charge in [0, 0.05) is 12.1 Å². The molecule has 1 atom stereocenters. The van der Waals surface area contributed by atoms with E-state index in [1.54, 1.807) is 0 Å². The number of amides is 1. The molecule has 116 valence electrons. The Labute approximate surface area is 123 Å². The summed E-state index contributed by atoms with van der Waals surface area (Å²) in [5, 5.41) is 13.5. The van der Waals surface area contributed by atoms with Crippen LogP contribution in [0.2, 0.25) is 0 Å². The van der Waals surface area contributed by atoms with Gasteiger partial charge in [0.25, 0.3) is 11.6 Å². The average Bonchev–Trinajstić information content (AvgIpc) is 2.44. The number of nitro groups is 1. The molecule has 0 radical (unpaired) electrons. The number of carbonyl (C=O) groups excluding carboxylic acids is 1. The van der Waals surface area contributed by atoms with Crippen LogP contribution < -0.4 is 14.8 Å². The van der Waals surface area contributed by atoms with Crippen molar-refractivity contribution in [1.82, 2.24) is 5.32 Å². The van der Waals surface area contributed by atoms with Crippen molar-refractivity contribution in [3.8, 4) is 11.5 Å². The van der Waals surface area contributed by atoms with Crippen LogP contribution in [-0.4, -0.2) is 30.6 Å². The van der Waals surface area contributed by atoms with Crippen molar-refractivity contribution in [2.45, 2.75) is 32.7 Å². The second-order valence-electron chi connectivity index (χ2n) is 4.64. The molecule has 0 bridgehead atoms. The lowest BCUT2D eigenvalue weighted by atomic mass is 10.2. The molecule has 0 aliphatic carbocycles. The van der Waals surface area contributed by atoms with Gasteiger partial charge in [0.15, 0.2) is 18.1 Å². The Bertz CT molecular complexity index is 504. The topological polar surface area (TPSA) is 90.7 Å². The van der Waals surface area contributed by atoms with E-state index in [2.05, 4.69) is 5.32 Å². The highest BCUT2D eigenvalue weighted by Crippen LogP contribution is 2.30. The largest absolute Gasteiger partial charge is 0.493 e. The number of nitrogens with one attached hydrogen (secondary N) is 1. The van der Waals surface area contributed by atoms with Crippen molar-refractivity contribution in [3.05, 3.63) is 28.3 Å². The van der Waals surface area contributed by atoms with Crippen molar-refractivity contribution in [2.75, 3.05) is 13.7 Å². The number of hydrogen-bond donors (Lipinski definition) is 1. The third kappa shape index (κ3) is 5.29. The molecule has 0 spiro atoms. The molecule has 0 saturated carbocycles. The van der Waals surface area contributed by atoms with Crippen molar-refractivity contribution < 1.29 is 19.2 Å². The van der Waals surface area contributed by atoms with Gasteiger partial charge in [-0.3, -0.25) is 14.9 Å². The van der Waals surface area contributed by atoms with Crippen LogP contribution in [0.3, 0.4) is 0 Å². The molecule has 0 aliphatic heterocycles. The summed E-state index contributed by atoms with van der Waals surface area (Å²) in [6.07, 6.45) is 1.85. The minimum Gasteiger partial charge on any atom is -0.493 e. The molecule has 0 aromatic heterocycles.